The minimum atomic E-state index is -0.828. The second-order valence-corrected chi connectivity index (χ2v) is 6.00. The van der Waals surface area contributed by atoms with Crippen molar-refractivity contribution in [1.82, 2.24) is 4.90 Å². The first-order valence-electron chi connectivity index (χ1n) is 6.92. The molecule has 0 bridgehead atoms. The highest BCUT2D eigenvalue weighted by Gasteiger charge is 2.20. The van der Waals surface area contributed by atoms with Gasteiger partial charge in [-0.1, -0.05) is 24.3 Å². The average Bonchev–Trinajstić information content (AvgIpc) is 2.35. The summed E-state index contributed by atoms with van der Waals surface area (Å²) in [6.07, 6.45) is 0.136. The molecule has 21 heavy (non-hydrogen) atoms. The van der Waals surface area contributed by atoms with E-state index in [4.69, 9.17) is 9.84 Å². The topological polar surface area (TPSA) is 66.8 Å². The van der Waals surface area contributed by atoms with Crippen LogP contribution in [0.1, 0.15) is 38.3 Å². The predicted molar refractivity (Wildman–Crippen MR) is 80.1 cm³/mol. The fourth-order valence-electron chi connectivity index (χ4n) is 1.86. The number of carbonyl (C=O) groups is 2. The molecule has 0 aliphatic carbocycles. The normalized spacial score (nSPS) is 11.0. The number of hydrogen-bond acceptors (Lipinski definition) is 3. The standard InChI is InChI=1S/C16H23NO4/c1-16(2,3)21-15(20)17(4)11-13-8-6-5-7-12(13)9-10-14(18)19/h5-8H,9-11H2,1-4H3,(H,18,19). The van der Waals surface area contributed by atoms with Crippen LogP contribution in [0.2, 0.25) is 0 Å². The molecule has 0 saturated carbocycles. The molecule has 0 aliphatic rings. The third-order valence-electron chi connectivity index (χ3n) is 2.84. The predicted octanol–water partition coefficient (Wildman–Crippen LogP) is 3.07. The van der Waals surface area contributed by atoms with E-state index < -0.39 is 17.7 Å². The molecule has 0 heterocycles. The second kappa shape index (κ2) is 7.11. The zero-order chi connectivity index (χ0) is 16.0. The van der Waals surface area contributed by atoms with E-state index in [-0.39, 0.29) is 6.42 Å². The van der Waals surface area contributed by atoms with E-state index in [1.54, 1.807) is 7.05 Å². The molecule has 0 radical (unpaired) electrons. The van der Waals surface area contributed by atoms with Crippen molar-refractivity contribution in [2.45, 2.75) is 45.8 Å². The Morgan fingerprint density at radius 1 is 1.19 bits per heavy atom. The maximum absolute atomic E-state index is 12.0. The van der Waals surface area contributed by atoms with Gasteiger partial charge < -0.3 is 14.7 Å². The molecule has 0 saturated heterocycles. The van der Waals surface area contributed by atoms with E-state index in [0.29, 0.717) is 13.0 Å². The quantitative estimate of drug-likeness (QED) is 0.906. The van der Waals surface area contributed by atoms with E-state index in [2.05, 4.69) is 0 Å². The maximum Gasteiger partial charge on any atom is 0.410 e. The van der Waals surface area contributed by atoms with Gasteiger partial charge in [-0.3, -0.25) is 4.79 Å². The molecule has 0 spiro atoms. The highest BCUT2D eigenvalue weighted by atomic mass is 16.6. The first-order chi connectivity index (χ1) is 9.69. The van der Waals surface area contributed by atoms with Gasteiger partial charge in [0.25, 0.3) is 0 Å². The monoisotopic (exact) mass is 293 g/mol. The van der Waals surface area contributed by atoms with Crippen molar-refractivity contribution in [2.75, 3.05) is 7.05 Å². The number of amides is 1. The minimum Gasteiger partial charge on any atom is -0.481 e. The minimum absolute atomic E-state index is 0.0766. The highest BCUT2D eigenvalue weighted by Crippen LogP contribution is 2.15. The Morgan fingerprint density at radius 3 is 2.29 bits per heavy atom. The van der Waals surface area contributed by atoms with Gasteiger partial charge in [0, 0.05) is 20.0 Å². The highest BCUT2D eigenvalue weighted by molar-refractivity contribution is 5.68. The lowest BCUT2D eigenvalue weighted by Crippen LogP contribution is -2.34. The summed E-state index contributed by atoms with van der Waals surface area (Å²) in [7, 11) is 1.67. The summed E-state index contributed by atoms with van der Waals surface area (Å²) in [5, 5.41) is 8.78. The van der Waals surface area contributed by atoms with Gasteiger partial charge >= 0.3 is 12.1 Å². The van der Waals surface area contributed by atoms with Gasteiger partial charge in [-0.25, -0.2) is 4.79 Å². The van der Waals surface area contributed by atoms with Crippen LogP contribution in [0.5, 0.6) is 0 Å². The zero-order valence-electron chi connectivity index (χ0n) is 13.0. The van der Waals surface area contributed by atoms with Crippen molar-refractivity contribution in [1.29, 1.82) is 0 Å². The van der Waals surface area contributed by atoms with Gasteiger partial charge in [0.2, 0.25) is 0 Å². The van der Waals surface area contributed by atoms with Gasteiger partial charge in [-0.15, -0.1) is 0 Å². The molecule has 5 heteroatoms. The van der Waals surface area contributed by atoms with Crippen molar-refractivity contribution < 1.29 is 19.4 Å². The average molecular weight is 293 g/mol. The number of rotatable bonds is 5. The Bertz CT molecular complexity index is 505. The number of nitrogens with zero attached hydrogens (tertiary/aromatic N) is 1. The summed E-state index contributed by atoms with van der Waals surface area (Å²) in [6.45, 7) is 5.85. The van der Waals surface area contributed by atoms with Gasteiger partial charge in [-0.2, -0.15) is 0 Å². The van der Waals surface area contributed by atoms with E-state index >= 15 is 0 Å². The number of benzene rings is 1. The van der Waals surface area contributed by atoms with Crippen molar-refractivity contribution in [3.05, 3.63) is 35.4 Å². The van der Waals surface area contributed by atoms with Crippen molar-refractivity contribution in [2.24, 2.45) is 0 Å². The lowest BCUT2D eigenvalue weighted by molar-refractivity contribution is -0.136. The maximum atomic E-state index is 12.0. The molecule has 1 rings (SSSR count). The van der Waals surface area contributed by atoms with Gasteiger partial charge in [0.05, 0.1) is 0 Å². The number of carboxylic acid groups (broad SMARTS) is 1. The lowest BCUT2D eigenvalue weighted by Gasteiger charge is -2.25. The number of carboxylic acids is 1. The lowest BCUT2D eigenvalue weighted by atomic mass is 10.0. The smallest absolute Gasteiger partial charge is 0.410 e. The summed E-state index contributed by atoms with van der Waals surface area (Å²) in [4.78, 5) is 24.1. The number of aliphatic carboxylic acids is 1. The molecular formula is C16H23NO4. The van der Waals surface area contributed by atoms with Crippen molar-refractivity contribution >= 4 is 12.1 Å². The van der Waals surface area contributed by atoms with Crippen LogP contribution < -0.4 is 0 Å². The molecular weight excluding hydrogens is 270 g/mol. The van der Waals surface area contributed by atoms with E-state index in [1.807, 2.05) is 45.0 Å². The van der Waals surface area contributed by atoms with Crippen LogP contribution >= 0.6 is 0 Å². The van der Waals surface area contributed by atoms with Crippen LogP contribution in [0.4, 0.5) is 4.79 Å². The number of aryl methyl sites for hydroxylation is 1. The molecule has 0 fully saturated rings. The van der Waals surface area contributed by atoms with Gasteiger partial charge in [0.1, 0.15) is 5.60 Å². The summed E-state index contributed by atoms with van der Waals surface area (Å²) in [6, 6.07) is 7.54. The molecule has 1 N–H and O–H groups in total. The summed E-state index contributed by atoms with van der Waals surface area (Å²) < 4.78 is 5.30. The molecule has 1 amide bonds. The second-order valence-electron chi connectivity index (χ2n) is 6.00. The van der Waals surface area contributed by atoms with Crippen molar-refractivity contribution in [3.8, 4) is 0 Å². The SMILES string of the molecule is CN(Cc1ccccc1CCC(=O)O)C(=O)OC(C)(C)C. The third kappa shape index (κ3) is 6.29. The molecule has 0 aliphatic heterocycles. The summed E-state index contributed by atoms with van der Waals surface area (Å²) in [5.74, 6) is -0.828. The summed E-state index contributed by atoms with van der Waals surface area (Å²) >= 11 is 0. The van der Waals surface area contributed by atoms with Gasteiger partial charge in [-0.05, 0) is 38.3 Å². The first-order valence-corrected chi connectivity index (χ1v) is 6.92. The fraction of sp³-hybridized carbons (Fsp3) is 0.500. The Hall–Kier alpha value is -2.04. The fourth-order valence-corrected chi connectivity index (χ4v) is 1.86. The molecule has 0 unspecified atom stereocenters. The van der Waals surface area contributed by atoms with E-state index in [1.165, 1.54) is 4.90 Å². The van der Waals surface area contributed by atoms with E-state index in [9.17, 15) is 9.59 Å². The van der Waals surface area contributed by atoms with Crippen LogP contribution in [0.3, 0.4) is 0 Å². The van der Waals surface area contributed by atoms with E-state index in [0.717, 1.165) is 11.1 Å². The molecule has 0 aromatic heterocycles. The largest absolute Gasteiger partial charge is 0.481 e. The van der Waals surface area contributed by atoms with Gasteiger partial charge in [0.15, 0.2) is 0 Å². The molecule has 0 atom stereocenters. The van der Waals surface area contributed by atoms with Crippen LogP contribution in [-0.4, -0.2) is 34.7 Å². The molecule has 5 nitrogen and oxygen atoms in total. The third-order valence-corrected chi connectivity index (χ3v) is 2.84. The number of ether oxygens (including phenoxy) is 1. The summed E-state index contributed by atoms with van der Waals surface area (Å²) in [5.41, 5.74) is 1.34. The van der Waals surface area contributed by atoms with Crippen molar-refractivity contribution in [3.63, 3.8) is 0 Å². The Kier molecular flexibility index (Phi) is 5.76. The molecule has 116 valence electrons. The van der Waals surface area contributed by atoms with Crippen LogP contribution in [0, 0.1) is 0 Å². The molecule has 1 aromatic rings. The number of carbonyl (C=O) groups excluding carboxylic acids is 1. The van der Waals surface area contributed by atoms with Crippen LogP contribution in [-0.2, 0) is 22.5 Å². The molecule has 1 aromatic carbocycles. The Labute approximate surface area is 125 Å². The zero-order valence-corrected chi connectivity index (χ0v) is 13.0. The Balaban J connectivity index is 2.73. The number of hydrogen-bond donors (Lipinski definition) is 1. The Morgan fingerprint density at radius 2 is 1.76 bits per heavy atom. The van der Waals surface area contributed by atoms with Crippen LogP contribution in [0.15, 0.2) is 24.3 Å². The van der Waals surface area contributed by atoms with Crippen LogP contribution in [0.25, 0.3) is 0 Å². The first kappa shape index (κ1) is 17.0.